The molecule has 112 valence electrons. The molecule has 0 unspecified atom stereocenters. The normalized spacial score (nSPS) is 10.3. The molecule has 0 amide bonds. The number of rotatable bonds is 5. The molecule has 4 heteroatoms. The standard InChI is InChI=1S/C17H20ClNO2/c1-11-5-6-13(12(2)7-11)10-19-15-8-14(18)16(20-3)9-17(15)21-4/h5-9,19H,10H2,1-4H3. The van der Waals surface area contributed by atoms with Crippen LogP contribution in [0.4, 0.5) is 5.69 Å². The molecule has 0 aliphatic carbocycles. The molecule has 0 radical (unpaired) electrons. The summed E-state index contributed by atoms with van der Waals surface area (Å²) in [5, 5.41) is 3.92. The highest BCUT2D eigenvalue weighted by molar-refractivity contribution is 6.32. The minimum atomic E-state index is 0.557. The number of benzene rings is 2. The van der Waals surface area contributed by atoms with E-state index in [0.717, 1.165) is 5.69 Å². The van der Waals surface area contributed by atoms with Crippen LogP contribution in [0.5, 0.6) is 11.5 Å². The van der Waals surface area contributed by atoms with E-state index in [1.807, 2.05) is 6.07 Å². The van der Waals surface area contributed by atoms with Crippen molar-refractivity contribution in [1.82, 2.24) is 0 Å². The van der Waals surface area contributed by atoms with Gasteiger partial charge in [0.2, 0.25) is 0 Å². The van der Waals surface area contributed by atoms with Gasteiger partial charge >= 0.3 is 0 Å². The van der Waals surface area contributed by atoms with Gasteiger partial charge in [-0.3, -0.25) is 0 Å². The molecule has 0 spiro atoms. The molecule has 0 aromatic heterocycles. The van der Waals surface area contributed by atoms with Gasteiger partial charge in [0.05, 0.1) is 24.9 Å². The Kier molecular flexibility index (Phi) is 4.97. The van der Waals surface area contributed by atoms with Crippen LogP contribution in [0.15, 0.2) is 30.3 Å². The van der Waals surface area contributed by atoms with E-state index in [-0.39, 0.29) is 0 Å². The number of anilines is 1. The molecular weight excluding hydrogens is 286 g/mol. The first-order valence-electron chi connectivity index (χ1n) is 6.76. The molecule has 0 fully saturated rings. The predicted molar refractivity (Wildman–Crippen MR) is 87.8 cm³/mol. The molecule has 0 aliphatic rings. The first-order chi connectivity index (χ1) is 10.0. The second kappa shape index (κ2) is 6.72. The maximum Gasteiger partial charge on any atom is 0.145 e. The van der Waals surface area contributed by atoms with Crippen molar-refractivity contribution in [3.05, 3.63) is 52.0 Å². The monoisotopic (exact) mass is 305 g/mol. The van der Waals surface area contributed by atoms with Gasteiger partial charge in [-0.2, -0.15) is 0 Å². The van der Waals surface area contributed by atoms with E-state index in [0.29, 0.717) is 23.1 Å². The molecule has 1 N–H and O–H groups in total. The lowest BCUT2D eigenvalue weighted by atomic mass is 10.1. The lowest BCUT2D eigenvalue weighted by Gasteiger charge is -2.15. The summed E-state index contributed by atoms with van der Waals surface area (Å²) >= 11 is 6.17. The number of halogens is 1. The van der Waals surface area contributed by atoms with Gasteiger partial charge in [0, 0.05) is 12.6 Å². The number of nitrogens with one attached hydrogen (secondary N) is 1. The van der Waals surface area contributed by atoms with Gasteiger partial charge in [-0.25, -0.2) is 0 Å². The Morgan fingerprint density at radius 2 is 1.71 bits per heavy atom. The molecule has 2 rings (SSSR count). The molecule has 0 saturated heterocycles. The van der Waals surface area contributed by atoms with Gasteiger partial charge in [-0.1, -0.05) is 35.4 Å². The number of hydrogen-bond acceptors (Lipinski definition) is 3. The summed E-state index contributed by atoms with van der Waals surface area (Å²) in [5.74, 6) is 1.31. The first kappa shape index (κ1) is 15.5. The molecule has 0 aliphatic heterocycles. The molecule has 0 saturated carbocycles. The summed E-state index contributed by atoms with van der Waals surface area (Å²) in [6.07, 6.45) is 0. The van der Waals surface area contributed by atoms with E-state index in [1.165, 1.54) is 16.7 Å². The Balaban J connectivity index is 2.21. The second-order valence-corrected chi connectivity index (χ2v) is 5.38. The summed E-state index contributed by atoms with van der Waals surface area (Å²) in [5.41, 5.74) is 4.63. The van der Waals surface area contributed by atoms with Crippen molar-refractivity contribution in [3.63, 3.8) is 0 Å². The lowest BCUT2D eigenvalue weighted by molar-refractivity contribution is 0.395. The number of hydrogen-bond donors (Lipinski definition) is 1. The summed E-state index contributed by atoms with van der Waals surface area (Å²) < 4.78 is 10.6. The average molecular weight is 306 g/mol. The van der Waals surface area contributed by atoms with Crippen LogP contribution in [-0.4, -0.2) is 14.2 Å². The zero-order valence-electron chi connectivity index (χ0n) is 12.8. The van der Waals surface area contributed by atoms with Gasteiger partial charge < -0.3 is 14.8 Å². The molecule has 0 bridgehead atoms. The third-order valence-electron chi connectivity index (χ3n) is 3.44. The maximum atomic E-state index is 6.17. The Morgan fingerprint density at radius 1 is 1.00 bits per heavy atom. The Bertz CT molecular complexity index is 641. The SMILES string of the molecule is COc1cc(OC)c(NCc2ccc(C)cc2C)cc1Cl. The summed E-state index contributed by atoms with van der Waals surface area (Å²) in [7, 11) is 3.22. The van der Waals surface area contributed by atoms with E-state index in [9.17, 15) is 0 Å². The van der Waals surface area contributed by atoms with Crippen molar-refractivity contribution in [2.75, 3.05) is 19.5 Å². The Morgan fingerprint density at radius 3 is 2.33 bits per heavy atom. The molecule has 2 aromatic carbocycles. The topological polar surface area (TPSA) is 30.5 Å². The van der Waals surface area contributed by atoms with Crippen LogP contribution in [0.25, 0.3) is 0 Å². The predicted octanol–water partition coefficient (Wildman–Crippen LogP) is 4.59. The number of aryl methyl sites for hydroxylation is 2. The summed E-state index contributed by atoms with van der Waals surface area (Å²) in [4.78, 5) is 0. The van der Waals surface area contributed by atoms with Gasteiger partial charge in [0.25, 0.3) is 0 Å². The Labute approximate surface area is 130 Å². The quantitative estimate of drug-likeness (QED) is 0.876. The lowest BCUT2D eigenvalue weighted by Crippen LogP contribution is -2.03. The minimum absolute atomic E-state index is 0.557. The van der Waals surface area contributed by atoms with Crippen molar-refractivity contribution in [3.8, 4) is 11.5 Å². The second-order valence-electron chi connectivity index (χ2n) is 4.97. The minimum Gasteiger partial charge on any atom is -0.495 e. The molecule has 3 nitrogen and oxygen atoms in total. The summed E-state index contributed by atoms with van der Waals surface area (Å²) in [6, 6.07) is 10.0. The van der Waals surface area contributed by atoms with Crippen LogP contribution in [0.1, 0.15) is 16.7 Å². The highest BCUT2D eigenvalue weighted by Crippen LogP contribution is 2.36. The highest BCUT2D eigenvalue weighted by Gasteiger charge is 2.10. The van der Waals surface area contributed by atoms with Crippen LogP contribution >= 0.6 is 11.6 Å². The summed E-state index contributed by atoms with van der Waals surface area (Å²) in [6.45, 7) is 4.92. The van der Waals surface area contributed by atoms with Crippen molar-refractivity contribution >= 4 is 17.3 Å². The first-order valence-corrected chi connectivity index (χ1v) is 7.14. The van der Waals surface area contributed by atoms with Gasteiger partial charge in [0.15, 0.2) is 0 Å². The van der Waals surface area contributed by atoms with E-state index in [2.05, 4.69) is 37.4 Å². The third kappa shape index (κ3) is 3.61. The molecule has 21 heavy (non-hydrogen) atoms. The van der Waals surface area contributed by atoms with Crippen LogP contribution in [0, 0.1) is 13.8 Å². The largest absolute Gasteiger partial charge is 0.495 e. The van der Waals surface area contributed by atoms with E-state index in [1.54, 1.807) is 20.3 Å². The van der Waals surface area contributed by atoms with Crippen LogP contribution in [0.3, 0.4) is 0 Å². The molecule has 0 heterocycles. The fourth-order valence-electron chi connectivity index (χ4n) is 2.23. The van der Waals surface area contributed by atoms with Crippen LogP contribution in [0.2, 0.25) is 5.02 Å². The van der Waals surface area contributed by atoms with Crippen molar-refractivity contribution in [2.24, 2.45) is 0 Å². The van der Waals surface area contributed by atoms with Crippen LogP contribution < -0.4 is 14.8 Å². The zero-order valence-corrected chi connectivity index (χ0v) is 13.5. The van der Waals surface area contributed by atoms with Gasteiger partial charge in [-0.15, -0.1) is 0 Å². The smallest absolute Gasteiger partial charge is 0.145 e. The number of ether oxygens (including phenoxy) is 2. The highest BCUT2D eigenvalue weighted by atomic mass is 35.5. The third-order valence-corrected chi connectivity index (χ3v) is 3.74. The molecular formula is C17H20ClNO2. The number of methoxy groups -OCH3 is 2. The fourth-order valence-corrected chi connectivity index (χ4v) is 2.47. The van der Waals surface area contributed by atoms with Crippen molar-refractivity contribution in [2.45, 2.75) is 20.4 Å². The van der Waals surface area contributed by atoms with E-state index in [4.69, 9.17) is 21.1 Å². The van der Waals surface area contributed by atoms with Crippen LogP contribution in [-0.2, 0) is 6.54 Å². The van der Waals surface area contributed by atoms with Crippen molar-refractivity contribution in [1.29, 1.82) is 0 Å². The Hall–Kier alpha value is -1.87. The molecule has 0 atom stereocenters. The van der Waals surface area contributed by atoms with Crippen molar-refractivity contribution < 1.29 is 9.47 Å². The van der Waals surface area contributed by atoms with Gasteiger partial charge in [-0.05, 0) is 31.0 Å². The maximum absolute atomic E-state index is 6.17. The average Bonchev–Trinajstić information content (AvgIpc) is 2.46. The van der Waals surface area contributed by atoms with Gasteiger partial charge in [0.1, 0.15) is 11.5 Å². The van der Waals surface area contributed by atoms with E-state index >= 15 is 0 Å². The fraction of sp³-hybridized carbons (Fsp3) is 0.294. The zero-order chi connectivity index (χ0) is 15.4. The molecule has 2 aromatic rings. The van der Waals surface area contributed by atoms with E-state index < -0.39 is 0 Å².